The van der Waals surface area contributed by atoms with Crippen LogP contribution in [0.4, 0.5) is 23.2 Å². The maximum absolute atomic E-state index is 14.0. The van der Waals surface area contributed by atoms with Crippen molar-refractivity contribution in [3.63, 3.8) is 0 Å². The summed E-state index contributed by atoms with van der Waals surface area (Å²) in [5, 5.41) is 3.21. The van der Waals surface area contributed by atoms with Gasteiger partial charge >= 0.3 is 6.18 Å². The Hall–Kier alpha value is -1.30. The van der Waals surface area contributed by atoms with E-state index in [-0.39, 0.29) is 12.2 Å². The number of para-hydroxylation sites is 1. The van der Waals surface area contributed by atoms with Gasteiger partial charge in [-0.1, -0.05) is 12.1 Å². The minimum absolute atomic E-state index is 0.0560. The van der Waals surface area contributed by atoms with Gasteiger partial charge in [0.05, 0.1) is 5.69 Å². The number of benzene rings is 1. The summed E-state index contributed by atoms with van der Waals surface area (Å²) in [6.45, 7) is 0.958. The lowest BCUT2D eigenvalue weighted by Crippen LogP contribution is -2.35. The zero-order valence-corrected chi connectivity index (χ0v) is 11.3. The van der Waals surface area contributed by atoms with Gasteiger partial charge in [0, 0.05) is 19.1 Å². The van der Waals surface area contributed by atoms with Crippen LogP contribution in [0.15, 0.2) is 18.2 Å². The van der Waals surface area contributed by atoms with Crippen LogP contribution in [0.2, 0.25) is 0 Å². The molecule has 1 N–H and O–H groups in total. The van der Waals surface area contributed by atoms with Crippen LogP contribution in [0, 0.1) is 5.82 Å². The summed E-state index contributed by atoms with van der Waals surface area (Å²) in [5.74, 6) is -0.605. The molecule has 2 nitrogen and oxygen atoms in total. The molecule has 0 bridgehead atoms. The van der Waals surface area contributed by atoms with E-state index in [2.05, 4.69) is 5.32 Å². The quantitative estimate of drug-likeness (QED) is 0.807. The summed E-state index contributed by atoms with van der Waals surface area (Å²) >= 11 is 0. The molecule has 0 radical (unpaired) electrons. The summed E-state index contributed by atoms with van der Waals surface area (Å²) in [7, 11) is 0. The molecule has 0 saturated heterocycles. The summed E-state index contributed by atoms with van der Waals surface area (Å²) in [6.07, 6.45) is -2.20. The normalized spacial score (nSPS) is 15.4. The average Bonchev–Trinajstić information content (AvgIpc) is 3.17. The summed E-state index contributed by atoms with van der Waals surface area (Å²) in [6, 6.07) is 4.83. The van der Waals surface area contributed by atoms with E-state index in [1.807, 2.05) is 0 Å². The van der Waals surface area contributed by atoms with Crippen molar-refractivity contribution >= 4 is 5.69 Å². The lowest BCUT2D eigenvalue weighted by Gasteiger charge is -2.27. The molecule has 1 aliphatic rings. The van der Waals surface area contributed by atoms with Crippen molar-refractivity contribution < 1.29 is 17.6 Å². The highest BCUT2D eigenvalue weighted by Gasteiger charge is 2.32. The predicted molar refractivity (Wildman–Crippen MR) is 70.2 cm³/mol. The van der Waals surface area contributed by atoms with Gasteiger partial charge in [0.2, 0.25) is 0 Å². The van der Waals surface area contributed by atoms with Crippen LogP contribution in [0.3, 0.4) is 0 Å². The number of nitrogens with zero attached hydrogens (tertiary/aromatic N) is 1. The SMILES string of the molecule is CCN(CC(F)(F)F)c1c(F)cccc1CNC1CC1. The second-order valence-corrected chi connectivity index (χ2v) is 5.03. The molecule has 0 spiro atoms. The summed E-state index contributed by atoms with van der Waals surface area (Å²) < 4.78 is 51.7. The van der Waals surface area contributed by atoms with E-state index >= 15 is 0 Å². The lowest BCUT2D eigenvalue weighted by molar-refractivity contribution is -0.119. The van der Waals surface area contributed by atoms with Gasteiger partial charge in [-0.05, 0) is 31.4 Å². The van der Waals surface area contributed by atoms with Crippen LogP contribution in [0.25, 0.3) is 0 Å². The van der Waals surface area contributed by atoms with Crippen LogP contribution in [0.5, 0.6) is 0 Å². The lowest BCUT2D eigenvalue weighted by atomic mass is 10.1. The van der Waals surface area contributed by atoms with Crippen molar-refractivity contribution in [3.05, 3.63) is 29.6 Å². The van der Waals surface area contributed by atoms with Crippen LogP contribution in [-0.4, -0.2) is 25.3 Å². The van der Waals surface area contributed by atoms with E-state index in [0.29, 0.717) is 18.2 Å². The van der Waals surface area contributed by atoms with Crippen LogP contribution in [-0.2, 0) is 6.54 Å². The van der Waals surface area contributed by atoms with Gasteiger partial charge in [-0.15, -0.1) is 0 Å². The summed E-state index contributed by atoms with van der Waals surface area (Å²) in [5.41, 5.74) is 0.628. The molecule has 0 atom stereocenters. The highest BCUT2D eigenvalue weighted by molar-refractivity contribution is 5.55. The van der Waals surface area contributed by atoms with Gasteiger partial charge in [0.25, 0.3) is 0 Å². The molecule has 0 aliphatic heterocycles. The number of halogens is 4. The Morgan fingerprint density at radius 3 is 2.55 bits per heavy atom. The molecule has 20 heavy (non-hydrogen) atoms. The molecule has 1 aromatic carbocycles. The molecule has 1 aliphatic carbocycles. The zero-order chi connectivity index (χ0) is 14.8. The van der Waals surface area contributed by atoms with E-state index in [0.717, 1.165) is 17.7 Å². The third-order valence-corrected chi connectivity index (χ3v) is 3.30. The van der Waals surface area contributed by atoms with Crippen molar-refractivity contribution in [1.82, 2.24) is 5.32 Å². The minimum Gasteiger partial charge on any atom is -0.360 e. The molecular weight excluding hydrogens is 272 g/mol. The number of nitrogens with one attached hydrogen (secondary N) is 1. The fourth-order valence-electron chi connectivity index (χ4n) is 2.16. The van der Waals surface area contributed by atoms with Gasteiger partial charge in [-0.25, -0.2) is 4.39 Å². The van der Waals surface area contributed by atoms with Gasteiger partial charge in [-0.2, -0.15) is 13.2 Å². The Morgan fingerprint density at radius 1 is 1.30 bits per heavy atom. The second kappa shape index (κ2) is 5.99. The summed E-state index contributed by atoms with van der Waals surface area (Å²) in [4.78, 5) is 1.04. The largest absolute Gasteiger partial charge is 0.405 e. The maximum Gasteiger partial charge on any atom is 0.405 e. The molecule has 1 saturated carbocycles. The Kier molecular flexibility index (Phi) is 4.52. The van der Waals surface area contributed by atoms with Crippen molar-refractivity contribution in [2.24, 2.45) is 0 Å². The number of rotatable bonds is 6. The molecule has 112 valence electrons. The molecule has 0 aromatic heterocycles. The fraction of sp³-hybridized carbons (Fsp3) is 0.571. The molecule has 2 rings (SSSR count). The minimum atomic E-state index is -4.35. The first-order valence-corrected chi connectivity index (χ1v) is 6.73. The number of alkyl halides is 3. The number of hydrogen-bond donors (Lipinski definition) is 1. The molecule has 1 fully saturated rings. The first kappa shape index (κ1) is 15.1. The topological polar surface area (TPSA) is 15.3 Å². The number of hydrogen-bond acceptors (Lipinski definition) is 2. The second-order valence-electron chi connectivity index (χ2n) is 5.03. The van der Waals surface area contributed by atoms with Gasteiger partial charge in [0.1, 0.15) is 12.4 Å². The van der Waals surface area contributed by atoms with Gasteiger partial charge < -0.3 is 10.2 Å². The van der Waals surface area contributed by atoms with Crippen LogP contribution in [0.1, 0.15) is 25.3 Å². The fourth-order valence-corrected chi connectivity index (χ4v) is 2.16. The highest BCUT2D eigenvalue weighted by atomic mass is 19.4. The maximum atomic E-state index is 14.0. The Balaban J connectivity index is 2.21. The van der Waals surface area contributed by atoms with Crippen molar-refractivity contribution in [3.8, 4) is 0 Å². The molecule has 1 aromatic rings. The van der Waals surface area contributed by atoms with E-state index < -0.39 is 18.5 Å². The Bertz CT molecular complexity index is 455. The van der Waals surface area contributed by atoms with Gasteiger partial charge in [-0.3, -0.25) is 0 Å². The Labute approximate surface area is 115 Å². The molecule has 6 heteroatoms. The van der Waals surface area contributed by atoms with Crippen LogP contribution >= 0.6 is 0 Å². The standard InChI is InChI=1S/C14H18F4N2/c1-2-20(9-14(16,17)18)13-10(4-3-5-12(13)15)8-19-11-6-7-11/h3-5,11,19H,2,6-9H2,1H3. The molecule has 0 amide bonds. The first-order valence-electron chi connectivity index (χ1n) is 6.73. The first-order chi connectivity index (χ1) is 9.40. The average molecular weight is 290 g/mol. The van der Waals surface area contributed by atoms with Gasteiger partial charge in [0.15, 0.2) is 0 Å². The smallest absolute Gasteiger partial charge is 0.360 e. The van der Waals surface area contributed by atoms with Crippen molar-refractivity contribution in [1.29, 1.82) is 0 Å². The van der Waals surface area contributed by atoms with E-state index in [1.54, 1.807) is 13.0 Å². The zero-order valence-electron chi connectivity index (χ0n) is 11.3. The van der Waals surface area contributed by atoms with Crippen LogP contribution < -0.4 is 10.2 Å². The third kappa shape index (κ3) is 4.10. The number of anilines is 1. The van der Waals surface area contributed by atoms with E-state index in [4.69, 9.17) is 0 Å². The third-order valence-electron chi connectivity index (χ3n) is 3.30. The predicted octanol–water partition coefficient (Wildman–Crippen LogP) is 3.47. The molecular formula is C14H18F4N2. The molecule has 0 unspecified atom stereocenters. The Morgan fingerprint density at radius 2 is 2.00 bits per heavy atom. The molecule has 0 heterocycles. The van der Waals surface area contributed by atoms with Crippen molar-refractivity contribution in [2.45, 2.75) is 38.5 Å². The van der Waals surface area contributed by atoms with E-state index in [1.165, 1.54) is 12.1 Å². The highest BCUT2D eigenvalue weighted by Crippen LogP contribution is 2.29. The van der Waals surface area contributed by atoms with E-state index in [9.17, 15) is 17.6 Å². The van der Waals surface area contributed by atoms with Crippen molar-refractivity contribution in [2.75, 3.05) is 18.0 Å². The monoisotopic (exact) mass is 290 g/mol.